The molecule has 1 N–H and O–H groups in total. The molecule has 0 heterocycles. The molecule has 0 saturated heterocycles. The fourth-order valence-electron chi connectivity index (χ4n) is 1.46. The second kappa shape index (κ2) is 6.68. The fraction of sp³-hybridized carbons (Fsp3) is 0.385. The predicted molar refractivity (Wildman–Crippen MR) is 64.6 cm³/mol. The van der Waals surface area contributed by atoms with Crippen LogP contribution in [0.15, 0.2) is 30.3 Å². The monoisotopic (exact) mass is 235 g/mol. The summed E-state index contributed by atoms with van der Waals surface area (Å²) in [5.74, 6) is -0.161. The van der Waals surface area contributed by atoms with E-state index >= 15 is 0 Å². The summed E-state index contributed by atoms with van der Waals surface area (Å²) in [5.41, 5.74) is 0. The molecule has 0 bridgehead atoms. The standard InChI is InChI=1S/C13H17NO3/c1-3-7-12(14-10(2)15)13(16)17-11-8-5-4-6-9-11/h4-6,8-9,12H,3,7H2,1-2H3,(H,14,15). The van der Waals surface area contributed by atoms with Gasteiger partial charge in [-0.1, -0.05) is 31.5 Å². The third-order valence-electron chi connectivity index (χ3n) is 2.20. The molecule has 1 rings (SSSR count). The molecule has 17 heavy (non-hydrogen) atoms. The number of nitrogens with one attached hydrogen (secondary N) is 1. The lowest BCUT2D eigenvalue weighted by Crippen LogP contribution is -2.41. The third kappa shape index (κ3) is 4.68. The van der Waals surface area contributed by atoms with E-state index in [1.165, 1.54) is 6.92 Å². The van der Waals surface area contributed by atoms with Crippen LogP contribution in [0.2, 0.25) is 0 Å². The van der Waals surface area contributed by atoms with Crippen LogP contribution in [0.3, 0.4) is 0 Å². The molecule has 1 aromatic carbocycles. The number of amides is 1. The van der Waals surface area contributed by atoms with Crippen LogP contribution in [0, 0.1) is 0 Å². The molecule has 1 atom stereocenters. The topological polar surface area (TPSA) is 55.4 Å². The van der Waals surface area contributed by atoms with Gasteiger partial charge in [-0.15, -0.1) is 0 Å². The van der Waals surface area contributed by atoms with Crippen molar-refractivity contribution >= 4 is 11.9 Å². The maximum absolute atomic E-state index is 11.8. The normalized spacial score (nSPS) is 11.6. The van der Waals surface area contributed by atoms with E-state index in [2.05, 4.69) is 5.32 Å². The van der Waals surface area contributed by atoms with E-state index in [1.807, 2.05) is 13.0 Å². The Morgan fingerprint density at radius 1 is 1.29 bits per heavy atom. The number of para-hydroxylation sites is 1. The maximum Gasteiger partial charge on any atom is 0.334 e. The second-order valence-electron chi connectivity index (χ2n) is 3.78. The number of benzene rings is 1. The summed E-state index contributed by atoms with van der Waals surface area (Å²) < 4.78 is 5.18. The van der Waals surface area contributed by atoms with Gasteiger partial charge < -0.3 is 10.1 Å². The van der Waals surface area contributed by atoms with Gasteiger partial charge in [0, 0.05) is 6.92 Å². The Labute approximate surface area is 101 Å². The molecule has 0 aliphatic heterocycles. The number of carbonyl (C=O) groups is 2. The first kappa shape index (κ1) is 13.2. The zero-order valence-corrected chi connectivity index (χ0v) is 10.1. The zero-order valence-electron chi connectivity index (χ0n) is 10.1. The van der Waals surface area contributed by atoms with Crippen molar-refractivity contribution in [2.75, 3.05) is 0 Å². The van der Waals surface area contributed by atoms with Crippen molar-refractivity contribution in [3.63, 3.8) is 0 Å². The molecule has 92 valence electrons. The van der Waals surface area contributed by atoms with E-state index in [-0.39, 0.29) is 5.91 Å². The molecule has 0 radical (unpaired) electrons. The van der Waals surface area contributed by atoms with Gasteiger partial charge in [-0.3, -0.25) is 4.79 Å². The Hall–Kier alpha value is -1.84. The zero-order chi connectivity index (χ0) is 12.7. The number of ether oxygens (including phenoxy) is 1. The summed E-state index contributed by atoms with van der Waals surface area (Å²) in [6, 6.07) is 8.25. The molecule has 1 unspecified atom stereocenters. The first-order valence-electron chi connectivity index (χ1n) is 5.67. The van der Waals surface area contributed by atoms with Crippen molar-refractivity contribution in [3.8, 4) is 5.75 Å². The summed E-state index contributed by atoms with van der Waals surface area (Å²) >= 11 is 0. The van der Waals surface area contributed by atoms with E-state index < -0.39 is 12.0 Å². The maximum atomic E-state index is 11.8. The Bertz CT molecular complexity index is 376. The molecule has 1 aromatic rings. The second-order valence-corrected chi connectivity index (χ2v) is 3.78. The highest BCUT2D eigenvalue weighted by Crippen LogP contribution is 2.10. The molecule has 4 heteroatoms. The van der Waals surface area contributed by atoms with E-state index in [0.717, 1.165) is 6.42 Å². The van der Waals surface area contributed by atoms with Crippen LogP contribution < -0.4 is 10.1 Å². The van der Waals surface area contributed by atoms with Crippen LogP contribution in [0.25, 0.3) is 0 Å². The SMILES string of the molecule is CCCC(NC(C)=O)C(=O)Oc1ccccc1. The minimum atomic E-state index is -0.572. The van der Waals surface area contributed by atoms with Crippen molar-refractivity contribution in [2.45, 2.75) is 32.7 Å². The van der Waals surface area contributed by atoms with Gasteiger partial charge in [-0.25, -0.2) is 4.79 Å². The first-order chi connectivity index (χ1) is 8.13. The summed E-state index contributed by atoms with van der Waals surface area (Å²) in [6.45, 7) is 3.34. The number of rotatable bonds is 5. The van der Waals surface area contributed by atoms with Gasteiger partial charge in [-0.05, 0) is 18.6 Å². The van der Waals surface area contributed by atoms with Gasteiger partial charge in [0.1, 0.15) is 11.8 Å². The van der Waals surface area contributed by atoms with Crippen molar-refractivity contribution in [1.29, 1.82) is 0 Å². The highest BCUT2D eigenvalue weighted by Gasteiger charge is 2.20. The summed E-state index contributed by atoms with van der Waals surface area (Å²) in [5, 5.41) is 2.59. The molecule has 4 nitrogen and oxygen atoms in total. The predicted octanol–water partition coefficient (Wildman–Crippen LogP) is 1.90. The average Bonchev–Trinajstić information content (AvgIpc) is 2.29. The van der Waals surface area contributed by atoms with E-state index in [4.69, 9.17) is 4.74 Å². The highest BCUT2D eigenvalue weighted by molar-refractivity contribution is 5.84. The number of esters is 1. The first-order valence-corrected chi connectivity index (χ1v) is 5.67. The van der Waals surface area contributed by atoms with Crippen molar-refractivity contribution < 1.29 is 14.3 Å². The van der Waals surface area contributed by atoms with Gasteiger partial charge in [-0.2, -0.15) is 0 Å². The van der Waals surface area contributed by atoms with Crippen LogP contribution in [-0.4, -0.2) is 17.9 Å². The van der Waals surface area contributed by atoms with Gasteiger partial charge in [0.2, 0.25) is 5.91 Å². The summed E-state index contributed by atoms with van der Waals surface area (Å²) in [7, 11) is 0. The molecule has 1 amide bonds. The highest BCUT2D eigenvalue weighted by atomic mass is 16.5. The lowest BCUT2D eigenvalue weighted by molar-refractivity contribution is -0.139. The Balaban J connectivity index is 2.62. The van der Waals surface area contributed by atoms with Crippen LogP contribution in [0.4, 0.5) is 0 Å². The van der Waals surface area contributed by atoms with Gasteiger partial charge in [0.15, 0.2) is 0 Å². The van der Waals surface area contributed by atoms with Crippen LogP contribution >= 0.6 is 0 Å². The Morgan fingerprint density at radius 2 is 1.94 bits per heavy atom. The lowest BCUT2D eigenvalue weighted by Gasteiger charge is -2.15. The Morgan fingerprint density at radius 3 is 2.47 bits per heavy atom. The lowest BCUT2D eigenvalue weighted by atomic mass is 10.1. The third-order valence-corrected chi connectivity index (χ3v) is 2.20. The molecule has 0 fully saturated rings. The Kier molecular flexibility index (Phi) is 5.20. The quantitative estimate of drug-likeness (QED) is 0.626. The molecule has 0 saturated carbocycles. The van der Waals surface area contributed by atoms with E-state index in [0.29, 0.717) is 12.2 Å². The van der Waals surface area contributed by atoms with Gasteiger partial charge in [0.25, 0.3) is 0 Å². The van der Waals surface area contributed by atoms with Crippen LogP contribution in [0.1, 0.15) is 26.7 Å². The van der Waals surface area contributed by atoms with Crippen molar-refractivity contribution in [1.82, 2.24) is 5.32 Å². The number of carbonyl (C=O) groups excluding carboxylic acids is 2. The summed E-state index contributed by atoms with van der Waals surface area (Å²) in [4.78, 5) is 22.8. The van der Waals surface area contributed by atoms with Gasteiger partial charge in [0.05, 0.1) is 0 Å². The van der Waals surface area contributed by atoms with E-state index in [9.17, 15) is 9.59 Å². The molecule has 0 spiro atoms. The van der Waals surface area contributed by atoms with E-state index in [1.54, 1.807) is 24.3 Å². The van der Waals surface area contributed by atoms with Crippen LogP contribution in [-0.2, 0) is 9.59 Å². The molecule has 0 aliphatic rings. The minimum Gasteiger partial charge on any atom is -0.425 e. The number of hydrogen-bond acceptors (Lipinski definition) is 3. The van der Waals surface area contributed by atoms with Crippen LogP contribution in [0.5, 0.6) is 5.75 Å². The molecule has 0 aromatic heterocycles. The van der Waals surface area contributed by atoms with Gasteiger partial charge >= 0.3 is 5.97 Å². The largest absolute Gasteiger partial charge is 0.425 e. The smallest absolute Gasteiger partial charge is 0.334 e. The molecule has 0 aliphatic carbocycles. The average molecular weight is 235 g/mol. The molecular formula is C13H17NO3. The molecular weight excluding hydrogens is 218 g/mol. The fourth-order valence-corrected chi connectivity index (χ4v) is 1.46. The summed E-state index contributed by atoms with van der Waals surface area (Å²) in [6.07, 6.45) is 1.38. The number of hydrogen-bond donors (Lipinski definition) is 1. The van der Waals surface area contributed by atoms with Crippen molar-refractivity contribution in [3.05, 3.63) is 30.3 Å². The minimum absolute atomic E-state index is 0.228. The van der Waals surface area contributed by atoms with Crippen molar-refractivity contribution in [2.24, 2.45) is 0 Å².